The Balaban J connectivity index is 1.52. The minimum absolute atomic E-state index is 0.264. The van der Waals surface area contributed by atoms with Gasteiger partial charge in [-0.15, -0.1) is 11.3 Å². The maximum absolute atomic E-state index is 12.9. The predicted octanol–water partition coefficient (Wildman–Crippen LogP) is 3.37. The summed E-state index contributed by atoms with van der Waals surface area (Å²) in [6.45, 7) is 1.40. The van der Waals surface area contributed by atoms with E-state index in [9.17, 15) is 9.59 Å². The van der Waals surface area contributed by atoms with Crippen molar-refractivity contribution in [1.29, 1.82) is 0 Å². The van der Waals surface area contributed by atoms with Crippen LogP contribution in [0, 0.1) is 0 Å². The number of aromatic amines is 1. The van der Waals surface area contributed by atoms with Gasteiger partial charge in [0.2, 0.25) is 11.8 Å². The quantitative estimate of drug-likeness (QED) is 0.458. The van der Waals surface area contributed by atoms with Gasteiger partial charge in [0.15, 0.2) is 5.13 Å². The molecule has 0 saturated carbocycles. The number of hydrogen-bond donors (Lipinski definition) is 3. The second-order valence-corrected chi connectivity index (χ2v) is 7.44. The molecule has 1 atom stereocenters. The molecule has 0 aliphatic heterocycles. The molecule has 1 aromatic carbocycles. The Hall–Kier alpha value is -3.52. The second-order valence-electron chi connectivity index (χ2n) is 6.59. The summed E-state index contributed by atoms with van der Waals surface area (Å²) in [5.74, 6) is -0.572. The standard InChI is InChI=1S/C21H19N5O2S/c1-13(27)24-18(9-15-11-23-17-7-3-2-6-16(15)17)20(28)26-21-25-19(12-29-21)14-5-4-8-22-10-14/h2-8,10-12,18,23H,9H2,1H3,(H,24,27)(H,25,26,28)/t18-/m0/s1. The smallest absolute Gasteiger partial charge is 0.249 e. The number of nitrogens with zero attached hydrogens (tertiary/aromatic N) is 2. The SMILES string of the molecule is CC(=O)N[C@@H](Cc1c[nH]c2ccccc12)C(=O)Nc1nc(-c2cccnc2)cs1. The lowest BCUT2D eigenvalue weighted by Gasteiger charge is -2.16. The van der Waals surface area contributed by atoms with Gasteiger partial charge in [-0.3, -0.25) is 14.6 Å². The number of carbonyl (C=O) groups excluding carboxylic acids is 2. The number of pyridine rings is 1. The van der Waals surface area contributed by atoms with E-state index in [4.69, 9.17) is 0 Å². The third-order valence-electron chi connectivity index (χ3n) is 4.48. The van der Waals surface area contributed by atoms with Gasteiger partial charge in [0, 0.05) is 53.8 Å². The fourth-order valence-electron chi connectivity index (χ4n) is 3.15. The van der Waals surface area contributed by atoms with Crippen LogP contribution in [-0.4, -0.2) is 32.8 Å². The zero-order chi connectivity index (χ0) is 20.2. The molecule has 3 heterocycles. The van der Waals surface area contributed by atoms with Crippen LogP contribution in [0.25, 0.3) is 22.2 Å². The van der Waals surface area contributed by atoms with E-state index in [1.54, 1.807) is 12.4 Å². The molecule has 0 fully saturated rings. The number of para-hydroxylation sites is 1. The number of aromatic nitrogens is 3. The lowest BCUT2D eigenvalue weighted by atomic mass is 10.0. The Morgan fingerprint density at radius 3 is 2.86 bits per heavy atom. The molecule has 2 amide bonds. The van der Waals surface area contributed by atoms with E-state index >= 15 is 0 Å². The third-order valence-corrected chi connectivity index (χ3v) is 5.24. The van der Waals surface area contributed by atoms with Crippen molar-refractivity contribution in [3.63, 3.8) is 0 Å². The number of fused-ring (bicyclic) bond motifs is 1. The predicted molar refractivity (Wildman–Crippen MR) is 114 cm³/mol. The van der Waals surface area contributed by atoms with Gasteiger partial charge in [0.1, 0.15) is 6.04 Å². The largest absolute Gasteiger partial charge is 0.361 e. The fraction of sp³-hybridized carbons (Fsp3) is 0.143. The van der Waals surface area contributed by atoms with E-state index in [-0.39, 0.29) is 11.8 Å². The van der Waals surface area contributed by atoms with Gasteiger partial charge >= 0.3 is 0 Å². The van der Waals surface area contributed by atoms with Crippen LogP contribution in [0.1, 0.15) is 12.5 Å². The molecule has 146 valence electrons. The maximum atomic E-state index is 12.9. The van der Waals surface area contributed by atoms with Gasteiger partial charge in [-0.2, -0.15) is 0 Å². The number of nitrogens with one attached hydrogen (secondary N) is 3. The minimum atomic E-state index is -0.711. The van der Waals surface area contributed by atoms with Crippen LogP contribution in [0.15, 0.2) is 60.4 Å². The monoisotopic (exact) mass is 405 g/mol. The summed E-state index contributed by atoms with van der Waals surface area (Å²) in [5.41, 5.74) is 3.57. The van der Waals surface area contributed by atoms with Gasteiger partial charge in [0.05, 0.1) is 5.69 Å². The second kappa shape index (κ2) is 8.24. The molecule has 0 unspecified atom stereocenters. The number of hydrogen-bond acceptors (Lipinski definition) is 5. The van der Waals surface area contributed by atoms with Crippen molar-refractivity contribution in [2.45, 2.75) is 19.4 Å². The van der Waals surface area contributed by atoms with E-state index in [0.29, 0.717) is 11.6 Å². The summed E-state index contributed by atoms with van der Waals surface area (Å²) >= 11 is 1.33. The van der Waals surface area contributed by atoms with E-state index in [1.807, 2.05) is 48.0 Å². The van der Waals surface area contributed by atoms with Gasteiger partial charge < -0.3 is 15.6 Å². The zero-order valence-electron chi connectivity index (χ0n) is 15.7. The molecule has 0 bridgehead atoms. The zero-order valence-corrected chi connectivity index (χ0v) is 16.5. The first-order valence-corrected chi connectivity index (χ1v) is 9.97. The highest BCUT2D eigenvalue weighted by atomic mass is 32.1. The van der Waals surface area contributed by atoms with Crippen LogP contribution < -0.4 is 10.6 Å². The first-order valence-electron chi connectivity index (χ1n) is 9.09. The molecule has 0 aliphatic carbocycles. The first kappa shape index (κ1) is 18.8. The van der Waals surface area contributed by atoms with Crippen molar-refractivity contribution >= 4 is 39.2 Å². The van der Waals surface area contributed by atoms with Gasteiger partial charge in [-0.05, 0) is 23.8 Å². The normalized spacial score (nSPS) is 11.9. The van der Waals surface area contributed by atoms with Crippen molar-refractivity contribution in [2.75, 3.05) is 5.32 Å². The number of amides is 2. The molecule has 0 aliphatic rings. The molecular weight excluding hydrogens is 386 g/mol. The minimum Gasteiger partial charge on any atom is -0.361 e. The summed E-state index contributed by atoms with van der Waals surface area (Å²) in [7, 11) is 0. The molecule has 4 rings (SSSR count). The molecule has 0 spiro atoms. The molecular formula is C21H19N5O2S. The van der Waals surface area contributed by atoms with Crippen LogP contribution in [-0.2, 0) is 16.0 Å². The van der Waals surface area contributed by atoms with Gasteiger partial charge in [0.25, 0.3) is 0 Å². The third kappa shape index (κ3) is 4.33. The van der Waals surface area contributed by atoms with Crippen LogP contribution in [0.3, 0.4) is 0 Å². The van der Waals surface area contributed by atoms with E-state index < -0.39 is 6.04 Å². The summed E-state index contributed by atoms with van der Waals surface area (Å²) in [5, 5.41) is 8.93. The van der Waals surface area contributed by atoms with Crippen LogP contribution in [0.2, 0.25) is 0 Å². The molecule has 0 radical (unpaired) electrons. The topological polar surface area (TPSA) is 99.8 Å². The molecule has 3 N–H and O–H groups in total. The van der Waals surface area contributed by atoms with Crippen molar-refractivity contribution in [3.8, 4) is 11.3 Å². The molecule has 4 aromatic rings. The van der Waals surface area contributed by atoms with Crippen molar-refractivity contribution < 1.29 is 9.59 Å². The average Bonchev–Trinajstić information content (AvgIpc) is 3.35. The Kier molecular flexibility index (Phi) is 5.35. The van der Waals surface area contributed by atoms with Gasteiger partial charge in [-0.1, -0.05) is 18.2 Å². The number of benzene rings is 1. The molecule has 0 saturated heterocycles. The highest BCUT2D eigenvalue weighted by Crippen LogP contribution is 2.25. The van der Waals surface area contributed by atoms with E-state index in [0.717, 1.165) is 27.7 Å². The van der Waals surface area contributed by atoms with Gasteiger partial charge in [-0.25, -0.2) is 4.98 Å². The lowest BCUT2D eigenvalue weighted by molar-refractivity contribution is -0.125. The Labute approximate surface area is 171 Å². The highest BCUT2D eigenvalue weighted by molar-refractivity contribution is 7.14. The molecule has 7 nitrogen and oxygen atoms in total. The Morgan fingerprint density at radius 1 is 1.21 bits per heavy atom. The summed E-state index contributed by atoms with van der Waals surface area (Å²) in [6.07, 6.45) is 5.66. The lowest BCUT2D eigenvalue weighted by Crippen LogP contribution is -2.44. The summed E-state index contributed by atoms with van der Waals surface area (Å²) in [6, 6.07) is 10.9. The molecule has 29 heavy (non-hydrogen) atoms. The number of carbonyl (C=O) groups is 2. The van der Waals surface area contributed by atoms with Crippen molar-refractivity contribution in [2.24, 2.45) is 0 Å². The number of anilines is 1. The summed E-state index contributed by atoms with van der Waals surface area (Å²) < 4.78 is 0. The van der Waals surface area contributed by atoms with E-state index in [1.165, 1.54) is 18.3 Å². The van der Waals surface area contributed by atoms with Crippen LogP contribution in [0.4, 0.5) is 5.13 Å². The number of H-pyrrole nitrogens is 1. The van der Waals surface area contributed by atoms with Crippen LogP contribution >= 0.6 is 11.3 Å². The number of thiazole rings is 1. The summed E-state index contributed by atoms with van der Waals surface area (Å²) in [4.78, 5) is 36.3. The Morgan fingerprint density at radius 2 is 2.07 bits per heavy atom. The maximum Gasteiger partial charge on any atom is 0.249 e. The Bertz CT molecular complexity index is 1150. The number of rotatable bonds is 6. The fourth-order valence-corrected chi connectivity index (χ4v) is 3.87. The highest BCUT2D eigenvalue weighted by Gasteiger charge is 2.22. The van der Waals surface area contributed by atoms with Crippen LogP contribution in [0.5, 0.6) is 0 Å². The molecule has 3 aromatic heterocycles. The first-order chi connectivity index (χ1) is 14.1. The average molecular weight is 405 g/mol. The van der Waals surface area contributed by atoms with E-state index in [2.05, 4.69) is 25.6 Å². The molecule has 8 heteroatoms. The van der Waals surface area contributed by atoms with Crippen molar-refractivity contribution in [3.05, 3.63) is 65.9 Å². The van der Waals surface area contributed by atoms with Crippen molar-refractivity contribution in [1.82, 2.24) is 20.3 Å².